The Morgan fingerprint density at radius 2 is 2.16 bits per heavy atom. The average Bonchev–Trinajstić information content (AvgIpc) is 2.93. The van der Waals surface area contributed by atoms with E-state index in [2.05, 4.69) is 36.1 Å². The maximum Gasteiger partial charge on any atom is 0.118 e. The minimum atomic E-state index is 0.276. The number of rotatable bonds is 6. The summed E-state index contributed by atoms with van der Waals surface area (Å²) in [6.07, 6.45) is 5.48. The molecule has 0 unspecified atom stereocenters. The van der Waals surface area contributed by atoms with Crippen LogP contribution in [0.1, 0.15) is 24.1 Å². The van der Waals surface area contributed by atoms with Crippen LogP contribution in [0, 0.1) is 0 Å². The number of methoxy groups -OCH3 is 1. The Morgan fingerprint density at radius 3 is 2.74 bits per heavy atom. The molecule has 4 heteroatoms. The maximum absolute atomic E-state index is 5.15. The Kier molecular flexibility index (Phi) is 4.36. The Hall–Kier alpha value is -2.07. The monoisotopic (exact) mass is 257 g/mol. The fourth-order valence-corrected chi connectivity index (χ4v) is 1.85. The molecule has 4 nitrogen and oxygen atoms in total. The van der Waals surface area contributed by atoms with E-state index < -0.39 is 0 Å². The van der Waals surface area contributed by atoms with E-state index in [-0.39, 0.29) is 6.04 Å². The second-order valence-electron chi connectivity index (χ2n) is 4.39. The summed E-state index contributed by atoms with van der Waals surface area (Å²) in [5.41, 5.74) is 2.37. The molecule has 0 fully saturated rings. The Balaban J connectivity index is 1.92. The normalized spacial score (nSPS) is 12.1. The number of hydrogen-bond acceptors (Lipinski definition) is 3. The molecular weight excluding hydrogens is 238 g/mol. The van der Waals surface area contributed by atoms with Crippen LogP contribution in [0.25, 0.3) is 6.20 Å². The zero-order valence-electron chi connectivity index (χ0n) is 11.3. The van der Waals surface area contributed by atoms with Crippen molar-refractivity contribution in [2.45, 2.75) is 19.5 Å². The van der Waals surface area contributed by atoms with Crippen LogP contribution in [0.5, 0.6) is 5.75 Å². The Bertz CT molecular complexity index is 531. The van der Waals surface area contributed by atoms with Gasteiger partial charge < -0.3 is 10.1 Å². The third kappa shape index (κ3) is 3.45. The van der Waals surface area contributed by atoms with Gasteiger partial charge in [0.2, 0.25) is 0 Å². The molecule has 0 bridgehead atoms. The van der Waals surface area contributed by atoms with Gasteiger partial charge >= 0.3 is 0 Å². The molecule has 1 N–H and O–H groups in total. The van der Waals surface area contributed by atoms with E-state index >= 15 is 0 Å². The molecule has 0 spiro atoms. The van der Waals surface area contributed by atoms with Crippen LogP contribution in [-0.2, 0) is 6.54 Å². The van der Waals surface area contributed by atoms with Gasteiger partial charge in [-0.25, -0.2) is 4.68 Å². The van der Waals surface area contributed by atoms with Crippen molar-refractivity contribution in [2.75, 3.05) is 7.11 Å². The van der Waals surface area contributed by atoms with Crippen LogP contribution in [-0.4, -0.2) is 16.9 Å². The van der Waals surface area contributed by atoms with Gasteiger partial charge in [0, 0.05) is 30.5 Å². The maximum atomic E-state index is 5.15. The number of ether oxygens (including phenoxy) is 1. The summed E-state index contributed by atoms with van der Waals surface area (Å²) in [6.45, 7) is 6.59. The molecule has 0 aliphatic rings. The predicted molar refractivity (Wildman–Crippen MR) is 76.9 cm³/mol. The van der Waals surface area contributed by atoms with Crippen LogP contribution < -0.4 is 10.1 Å². The molecule has 0 aliphatic carbocycles. The molecule has 0 saturated carbocycles. The lowest BCUT2D eigenvalue weighted by molar-refractivity contribution is 0.414. The molecule has 1 heterocycles. The third-order valence-electron chi connectivity index (χ3n) is 3.07. The average molecular weight is 257 g/mol. The molecule has 0 saturated heterocycles. The van der Waals surface area contributed by atoms with Crippen molar-refractivity contribution in [3.63, 3.8) is 0 Å². The van der Waals surface area contributed by atoms with Gasteiger partial charge in [0.25, 0.3) is 0 Å². The van der Waals surface area contributed by atoms with Gasteiger partial charge in [-0.2, -0.15) is 5.10 Å². The molecule has 19 heavy (non-hydrogen) atoms. The highest BCUT2D eigenvalue weighted by molar-refractivity contribution is 5.29. The zero-order valence-corrected chi connectivity index (χ0v) is 11.3. The largest absolute Gasteiger partial charge is 0.497 e. The first-order chi connectivity index (χ1) is 9.22. The molecule has 100 valence electrons. The van der Waals surface area contributed by atoms with Crippen LogP contribution in [0.3, 0.4) is 0 Å². The minimum absolute atomic E-state index is 0.276. The number of benzene rings is 1. The molecule has 1 aromatic heterocycles. The van der Waals surface area contributed by atoms with Crippen molar-refractivity contribution in [1.82, 2.24) is 15.1 Å². The smallest absolute Gasteiger partial charge is 0.118 e. The summed E-state index contributed by atoms with van der Waals surface area (Å²) in [6, 6.07) is 8.37. The first-order valence-electron chi connectivity index (χ1n) is 6.26. The molecule has 0 amide bonds. The van der Waals surface area contributed by atoms with Crippen molar-refractivity contribution in [3.05, 3.63) is 54.4 Å². The van der Waals surface area contributed by atoms with Gasteiger partial charge in [0.1, 0.15) is 5.75 Å². The van der Waals surface area contributed by atoms with E-state index in [1.54, 1.807) is 18.0 Å². The second kappa shape index (κ2) is 6.20. The summed E-state index contributed by atoms with van der Waals surface area (Å²) in [5, 5.41) is 7.61. The molecule has 1 aromatic carbocycles. The van der Waals surface area contributed by atoms with Gasteiger partial charge in [-0.1, -0.05) is 18.7 Å². The van der Waals surface area contributed by atoms with E-state index in [9.17, 15) is 0 Å². The quantitative estimate of drug-likeness (QED) is 0.865. The molecule has 1 atom stereocenters. The molecule has 2 aromatic rings. The van der Waals surface area contributed by atoms with Gasteiger partial charge in [-0.15, -0.1) is 0 Å². The standard InChI is InChI=1S/C15H19N3O/c1-4-18-11-13(10-17-18)9-16-12(2)14-5-7-15(19-3)8-6-14/h4-8,10-12,16H,1,9H2,2-3H3/t12-/m0/s1. The van der Waals surface area contributed by atoms with Crippen LogP contribution in [0.2, 0.25) is 0 Å². The summed E-state index contributed by atoms with van der Waals surface area (Å²) >= 11 is 0. The number of aromatic nitrogens is 2. The highest BCUT2D eigenvalue weighted by Crippen LogP contribution is 2.17. The summed E-state index contributed by atoms with van der Waals surface area (Å²) in [7, 11) is 1.67. The van der Waals surface area contributed by atoms with Crippen LogP contribution in [0.4, 0.5) is 0 Å². The van der Waals surface area contributed by atoms with E-state index in [1.165, 1.54) is 5.56 Å². The summed E-state index contributed by atoms with van der Waals surface area (Å²) in [4.78, 5) is 0. The van der Waals surface area contributed by atoms with Crippen molar-refractivity contribution < 1.29 is 4.74 Å². The van der Waals surface area contributed by atoms with E-state index in [0.717, 1.165) is 17.9 Å². The Labute approximate surface area is 113 Å². The van der Waals surface area contributed by atoms with Gasteiger partial charge in [-0.3, -0.25) is 0 Å². The lowest BCUT2D eigenvalue weighted by atomic mass is 10.1. The predicted octanol–water partition coefficient (Wildman–Crippen LogP) is 2.84. The molecular formula is C15H19N3O. The van der Waals surface area contributed by atoms with Crippen molar-refractivity contribution in [3.8, 4) is 5.75 Å². The highest BCUT2D eigenvalue weighted by atomic mass is 16.5. The summed E-state index contributed by atoms with van der Waals surface area (Å²) < 4.78 is 6.86. The Morgan fingerprint density at radius 1 is 1.42 bits per heavy atom. The zero-order chi connectivity index (χ0) is 13.7. The molecule has 0 aliphatic heterocycles. The van der Waals surface area contributed by atoms with Crippen molar-refractivity contribution in [1.29, 1.82) is 0 Å². The fourth-order valence-electron chi connectivity index (χ4n) is 1.85. The van der Waals surface area contributed by atoms with Crippen molar-refractivity contribution >= 4 is 6.20 Å². The number of nitrogens with one attached hydrogen (secondary N) is 1. The second-order valence-corrected chi connectivity index (χ2v) is 4.39. The van der Waals surface area contributed by atoms with Gasteiger partial charge in [0.05, 0.1) is 13.3 Å². The van der Waals surface area contributed by atoms with Gasteiger partial charge in [-0.05, 0) is 24.6 Å². The van der Waals surface area contributed by atoms with E-state index in [0.29, 0.717) is 0 Å². The van der Waals surface area contributed by atoms with E-state index in [4.69, 9.17) is 4.74 Å². The molecule has 0 radical (unpaired) electrons. The first-order valence-corrected chi connectivity index (χ1v) is 6.26. The lowest BCUT2D eigenvalue weighted by Crippen LogP contribution is -2.17. The van der Waals surface area contributed by atoms with Gasteiger partial charge in [0.15, 0.2) is 0 Å². The third-order valence-corrected chi connectivity index (χ3v) is 3.07. The first kappa shape index (κ1) is 13.4. The van der Waals surface area contributed by atoms with Crippen molar-refractivity contribution in [2.24, 2.45) is 0 Å². The topological polar surface area (TPSA) is 39.1 Å². The van der Waals surface area contributed by atoms with Crippen LogP contribution in [0.15, 0.2) is 43.2 Å². The van der Waals surface area contributed by atoms with E-state index in [1.807, 2.05) is 24.5 Å². The lowest BCUT2D eigenvalue weighted by Gasteiger charge is -2.14. The highest BCUT2D eigenvalue weighted by Gasteiger charge is 2.05. The SMILES string of the molecule is C=Cn1cc(CN[C@@H](C)c2ccc(OC)cc2)cn1. The summed E-state index contributed by atoms with van der Waals surface area (Å²) in [5.74, 6) is 0.878. The van der Waals surface area contributed by atoms with Crippen LogP contribution >= 0.6 is 0 Å². The minimum Gasteiger partial charge on any atom is -0.497 e. The molecule has 2 rings (SSSR count). The number of nitrogens with zero attached hydrogens (tertiary/aromatic N) is 2. The fraction of sp³-hybridized carbons (Fsp3) is 0.267. The number of hydrogen-bond donors (Lipinski definition) is 1.